The summed E-state index contributed by atoms with van der Waals surface area (Å²) in [5, 5.41) is -0.696. The Bertz CT molecular complexity index is 434. The fraction of sp³-hybridized carbons (Fsp3) is 0.167. The second kappa shape index (κ2) is 3.58. The summed E-state index contributed by atoms with van der Waals surface area (Å²) in [5.41, 5.74) is 4.62. The van der Waals surface area contributed by atoms with Gasteiger partial charge in [0.05, 0.1) is 0 Å². The van der Waals surface area contributed by atoms with Crippen LogP contribution in [-0.2, 0) is 14.8 Å². The van der Waals surface area contributed by atoms with E-state index >= 15 is 0 Å². The molecular formula is C6H7N3O4S. The number of allylic oxidation sites excluding steroid dienone is 1. The third-order valence-corrected chi connectivity index (χ3v) is 2.64. The minimum atomic E-state index is -4.21. The summed E-state index contributed by atoms with van der Waals surface area (Å²) in [6.45, 7) is 0. The highest BCUT2D eigenvalue weighted by molar-refractivity contribution is 8.07. The van der Waals surface area contributed by atoms with E-state index in [0.29, 0.717) is 0 Å². The van der Waals surface area contributed by atoms with Crippen LogP contribution in [0.25, 0.3) is 0 Å². The Morgan fingerprint density at radius 1 is 1.57 bits per heavy atom. The minimum absolute atomic E-state index is 0.0570. The first kappa shape index (κ1) is 10.4. The first-order chi connectivity index (χ1) is 6.43. The van der Waals surface area contributed by atoms with Crippen LogP contribution in [0.3, 0.4) is 0 Å². The maximum atomic E-state index is 11.2. The molecule has 0 aromatic heterocycles. The van der Waals surface area contributed by atoms with Gasteiger partial charge in [-0.2, -0.15) is 8.42 Å². The quantitative estimate of drug-likeness (QED) is 0.533. The molecule has 0 spiro atoms. The van der Waals surface area contributed by atoms with Gasteiger partial charge in [0.2, 0.25) is 5.04 Å². The summed E-state index contributed by atoms with van der Waals surface area (Å²) >= 11 is 0. The van der Waals surface area contributed by atoms with Gasteiger partial charge in [-0.25, -0.2) is 14.5 Å². The van der Waals surface area contributed by atoms with E-state index in [0.717, 1.165) is 0 Å². The van der Waals surface area contributed by atoms with Crippen molar-refractivity contribution < 1.29 is 18.0 Å². The maximum absolute atomic E-state index is 11.2. The van der Waals surface area contributed by atoms with E-state index in [-0.39, 0.29) is 6.42 Å². The average molecular weight is 217 g/mol. The van der Waals surface area contributed by atoms with Gasteiger partial charge in [0.25, 0.3) is 10.0 Å². The number of hydrogen-bond acceptors (Lipinski definition) is 5. The second-order valence-corrected chi connectivity index (χ2v) is 4.01. The molecular weight excluding hydrogens is 210 g/mol. The molecule has 1 heterocycles. The summed E-state index contributed by atoms with van der Waals surface area (Å²) in [6, 6.07) is -1.25. The van der Waals surface area contributed by atoms with E-state index in [9.17, 15) is 18.0 Å². The molecule has 1 aliphatic heterocycles. The second-order valence-electron chi connectivity index (χ2n) is 2.42. The van der Waals surface area contributed by atoms with Crippen LogP contribution in [0.2, 0.25) is 0 Å². The zero-order chi connectivity index (χ0) is 10.8. The lowest BCUT2D eigenvalue weighted by Gasteiger charge is -2.07. The molecule has 8 heteroatoms. The number of primary amides is 1. The summed E-state index contributed by atoms with van der Waals surface area (Å²) < 4.78 is 23.9. The summed E-state index contributed by atoms with van der Waals surface area (Å²) in [6.07, 6.45) is 2.53. The molecule has 0 radical (unpaired) electrons. The number of carbonyl (C=O) groups is 2. The molecule has 0 saturated carbocycles. The fourth-order valence-corrected chi connectivity index (χ4v) is 1.78. The highest BCUT2D eigenvalue weighted by Gasteiger charge is 2.28. The van der Waals surface area contributed by atoms with Crippen LogP contribution in [0.15, 0.2) is 17.3 Å². The SMILES string of the molecule is NC(=O)NS(=O)(=O)C1=NC=CCC1=O. The molecule has 14 heavy (non-hydrogen) atoms. The van der Waals surface area contributed by atoms with Crippen LogP contribution in [0.1, 0.15) is 6.42 Å². The molecule has 0 aromatic rings. The number of hydrogen-bond donors (Lipinski definition) is 2. The average Bonchev–Trinajstić information content (AvgIpc) is 2.02. The van der Waals surface area contributed by atoms with Crippen LogP contribution in [0.4, 0.5) is 4.79 Å². The van der Waals surface area contributed by atoms with E-state index < -0.39 is 26.9 Å². The topological polar surface area (TPSA) is 119 Å². The van der Waals surface area contributed by atoms with Crippen LogP contribution < -0.4 is 10.5 Å². The number of nitrogens with zero attached hydrogens (tertiary/aromatic N) is 1. The highest BCUT2D eigenvalue weighted by atomic mass is 32.2. The molecule has 0 unspecified atom stereocenters. The number of amides is 2. The fourth-order valence-electron chi connectivity index (χ4n) is 0.839. The molecule has 1 rings (SSSR count). The van der Waals surface area contributed by atoms with Crippen molar-refractivity contribution >= 4 is 26.9 Å². The van der Waals surface area contributed by atoms with Crippen LogP contribution in [0, 0.1) is 0 Å². The number of aliphatic imine (C=N–C) groups is 1. The maximum Gasteiger partial charge on any atom is 0.326 e. The van der Waals surface area contributed by atoms with Crippen LogP contribution in [0.5, 0.6) is 0 Å². The van der Waals surface area contributed by atoms with Crippen LogP contribution in [-0.4, -0.2) is 25.3 Å². The Morgan fingerprint density at radius 3 is 2.71 bits per heavy atom. The predicted molar refractivity (Wildman–Crippen MR) is 47.8 cm³/mol. The van der Waals surface area contributed by atoms with E-state index in [1.165, 1.54) is 17.0 Å². The third-order valence-electron chi connectivity index (χ3n) is 1.33. The Morgan fingerprint density at radius 2 is 2.21 bits per heavy atom. The van der Waals surface area contributed by atoms with Gasteiger partial charge in [0.15, 0.2) is 5.78 Å². The van der Waals surface area contributed by atoms with Gasteiger partial charge in [-0.3, -0.25) is 4.79 Å². The number of nitrogens with two attached hydrogens (primary N) is 1. The molecule has 7 nitrogen and oxygen atoms in total. The van der Waals surface area contributed by atoms with Gasteiger partial charge in [0.1, 0.15) is 0 Å². The molecule has 0 aromatic carbocycles. The predicted octanol–water partition coefficient (Wildman–Crippen LogP) is -1.13. The molecule has 0 atom stereocenters. The van der Waals surface area contributed by atoms with Gasteiger partial charge in [0, 0.05) is 12.6 Å². The standard InChI is InChI=1S/C6H7N3O4S/c7-6(11)9-14(12,13)5-4(10)2-1-3-8-5/h1,3H,2H2,(H3,7,9,11). The van der Waals surface area contributed by atoms with Gasteiger partial charge in [-0.15, -0.1) is 0 Å². The zero-order valence-electron chi connectivity index (χ0n) is 6.93. The number of rotatable bonds is 0. The largest absolute Gasteiger partial charge is 0.351 e. The minimum Gasteiger partial charge on any atom is -0.351 e. The van der Waals surface area contributed by atoms with Crippen molar-refractivity contribution in [3.8, 4) is 0 Å². The molecule has 0 saturated heterocycles. The van der Waals surface area contributed by atoms with Crippen molar-refractivity contribution in [1.29, 1.82) is 0 Å². The lowest BCUT2D eigenvalue weighted by molar-refractivity contribution is -0.112. The van der Waals surface area contributed by atoms with Gasteiger partial charge < -0.3 is 5.73 Å². The van der Waals surface area contributed by atoms with Crippen molar-refractivity contribution in [1.82, 2.24) is 4.72 Å². The van der Waals surface area contributed by atoms with Crippen molar-refractivity contribution in [2.24, 2.45) is 10.7 Å². The van der Waals surface area contributed by atoms with Crippen LogP contribution >= 0.6 is 0 Å². The summed E-state index contributed by atoms with van der Waals surface area (Å²) in [4.78, 5) is 24.7. The number of nitrogens with one attached hydrogen (secondary N) is 1. The summed E-state index contributed by atoms with van der Waals surface area (Å²) in [5.74, 6) is -0.679. The number of Topliss-reactive ketones (excluding diaryl/α,β-unsaturated/α-hetero) is 1. The first-order valence-electron chi connectivity index (χ1n) is 3.52. The Balaban J connectivity index is 3.03. The molecule has 0 bridgehead atoms. The molecule has 76 valence electrons. The van der Waals surface area contributed by atoms with E-state index in [4.69, 9.17) is 0 Å². The zero-order valence-corrected chi connectivity index (χ0v) is 7.74. The molecule has 1 aliphatic rings. The van der Waals surface area contributed by atoms with E-state index in [1.54, 1.807) is 0 Å². The number of ketones is 1. The molecule has 2 amide bonds. The lowest BCUT2D eigenvalue weighted by atomic mass is 10.3. The Labute approximate surface area is 79.7 Å². The van der Waals surface area contributed by atoms with E-state index in [2.05, 4.69) is 10.7 Å². The molecule has 0 aliphatic carbocycles. The Hall–Kier alpha value is -1.70. The number of urea groups is 1. The lowest BCUT2D eigenvalue weighted by Crippen LogP contribution is -2.42. The Kier molecular flexibility index (Phi) is 2.65. The molecule has 0 fully saturated rings. The van der Waals surface area contributed by atoms with Gasteiger partial charge >= 0.3 is 6.03 Å². The summed E-state index contributed by atoms with van der Waals surface area (Å²) in [7, 11) is -4.21. The number of carbonyl (C=O) groups excluding carboxylic acids is 2. The van der Waals surface area contributed by atoms with Crippen molar-refractivity contribution in [2.75, 3.05) is 0 Å². The first-order valence-corrected chi connectivity index (χ1v) is 5.00. The van der Waals surface area contributed by atoms with Crippen molar-refractivity contribution in [3.05, 3.63) is 12.3 Å². The number of sulfonamides is 1. The van der Waals surface area contributed by atoms with Crippen molar-refractivity contribution in [3.63, 3.8) is 0 Å². The highest BCUT2D eigenvalue weighted by Crippen LogP contribution is 2.03. The van der Waals surface area contributed by atoms with Gasteiger partial charge in [-0.05, 0) is 0 Å². The molecule has 3 N–H and O–H groups in total. The van der Waals surface area contributed by atoms with Gasteiger partial charge in [-0.1, -0.05) is 6.08 Å². The third kappa shape index (κ3) is 2.16. The van der Waals surface area contributed by atoms with Crippen molar-refractivity contribution in [2.45, 2.75) is 6.42 Å². The van der Waals surface area contributed by atoms with E-state index in [1.807, 2.05) is 0 Å². The smallest absolute Gasteiger partial charge is 0.326 e. The normalized spacial score (nSPS) is 16.3. The monoisotopic (exact) mass is 217 g/mol.